The van der Waals surface area contributed by atoms with Crippen LogP contribution in [0.3, 0.4) is 0 Å². The molecule has 0 saturated heterocycles. The summed E-state index contributed by atoms with van der Waals surface area (Å²) in [5.74, 6) is 0. The molecule has 0 unspecified atom stereocenters. The fourth-order valence-corrected chi connectivity index (χ4v) is 2.12. The lowest BCUT2D eigenvalue weighted by Gasteiger charge is -2.10. The van der Waals surface area contributed by atoms with E-state index in [-0.39, 0.29) is 0 Å². The number of nitrogens with one attached hydrogen (secondary N) is 1. The molecule has 2 aromatic carbocycles. The third kappa shape index (κ3) is 2.56. The van der Waals surface area contributed by atoms with Gasteiger partial charge in [-0.05, 0) is 29.5 Å². The summed E-state index contributed by atoms with van der Waals surface area (Å²) in [5.41, 5.74) is 4.05. The lowest BCUT2D eigenvalue weighted by molar-refractivity contribution is 0.689. The molecule has 0 heterocycles. The molecule has 17 heavy (non-hydrogen) atoms. The molecule has 1 fully saturated rings. The van der Waals surface area contributed by atoms with Gasteiger partial charge in [-0.1, -0.05) is 54.6 Å². The molecule has 1 heteroatoms. The van der Waals surface area contributed by atoms with Crippen molar-refractivity contribution in [3.05, 3.63) is 60.2 Å². The highest BCUT2D eigenvalue weighted by Crippen LogP contribution is 2.25. The largest absolute Gasteiger partial charge is 0.310 e. The quantitative estimate of drug-likeness (QED) is 0.835. The normalized spacial score (nSPS) is 14.8. The Bertz CT molecular complexity index is 486. The fourth-order valence-electron chi connectivity index (χ4n) is 2.12. The van der Waals surface area contributed by atoms with Crippen LogP contribution >= 0.6 is 0 Å². The first-order valence-electron chi connectivity index (χ1n) is 6.30. The highest BCUT2D eigenvalue weighted by molar-refractivity contribution is 5.67. The summed E-state index contributed by atoms with van der Waals surface area (Å²) >= 11 is 0. The van der Waals surface area contributed by atoms with Gasteiger partial charge in [0.25, 0.3) is 0 Å². The minimum atomic E-state index is 0.763. The van der Waals surface area contributed by atoms with Gasteiger partial charge in [0.1, 0.15) is 0 Å². The van der Waals surface area contributed by atoms with Crippen LogP contribution in [0.15, 0.2) is 54.6 Å². The van der Waals surface area contributed by atoms with Crippen molar-refractivity contribution in [3.8, 4) is 11.1 Å². The Hall–Kier alpha value is -1.60. The number of rotatable bonds is 4. The summed E-state index contributed by atoms with van der Waals surface area (Å²) in [7, 11) is 0. The first-order chi connectivity index (χ1) is 8.43. The molecule has 0 aliphatic heterocycles. The van der Waals surface area contributed by atoms with Crippen molar-refractivity contribution >= 4 is 0 Å². The van der Waals surface area contributed by atoms with Gasteiger partial charge in [0, 0.05) is 12.6 Å². The Kier molecular flexibility index (Phi) is 2.93. The van der Waals surface area contributed by atoms with E-state index in [1.165, 1.54) is 29.5 Å². The van der Waals surface area contributed by atoms with Crippen molar-refractivity contribution in [2.24, 2.45) is 0 Å². The minimum Gasteiger partial charge on any atom is -0.310 e. The third-order valence-electron chi connectivity index (χ3n) is 3.26. The zero-order valence-electron chi connectivity index (χ0n) is 9.89. The minimum absolute atomic E-state index is 0.763. The van der Waals surface area contributed by atoms with E-state index in [4.69, 9.17) is 0 Å². The number of benzene rings is 2. The number of hydrogen-bond acceptors (Lipinski definition) is 1. The molecule has 0 amide bonds. The van der Waals surface area contributed by atoms with Gasteiger partial charge in [-0.25, -0.2) is 0 Å². The van der Waals surface area contributed by atoms with Crippen LogP contribution in [0, 0.1) is 0 Å². The van der Waals surface area contributed by atoms with E-state index < -0.39 is 0 Å². The molecule has 3 rings (SSSR count). The first-order valence-corrected chi connectivity index (χ1v) is 6.30. The van der Waals surface area contributed by atoms with Crippen LogP contribution in [0.5, 0.6) is 0 Å². The van der Waals surface area contributed by atoms with Crippen molar-refractivity contribution < 1.29 is 0 Å². The van der Waals surface area contributed by atoms with E-state index in [9.17, 15) is 0 Å². The Morgan fingerprint density at radius 2 is 1.59 bits per heavy atom. The molecule has 2 aromatic rings. The van der Waals surface area contributed by atoms with Crippen LogP contribution in [-0.4, -0.2) is 6.04 Å². The maximum Gasteiger partial charge on any atom is 0.0214 e. The molecule has 1 saturated carbocycles. The van der Waals surface area contributed by atoms with Crippen molar-refractivity contribution in [1.82, 2.24) is 5.32 Å². The standard InChI is InChI=1S/C16H17N/c1-2-6-13(7-3-1)16-9-5-4-8-14(16)12-17-15-10-11-15/h1-9,15,17H,10-12H2. The van der Waals surface area contributed by atoms with Gasteiger partial charge in [-0.15, -0.1) is 0 Å². The predicted octanol–water partition coefficient (Wildman–Crippen LogP) is 3.61. The molecule has 1 aliphatic carbocycles. The molecule has 1 aliphatic rings. The van der Waals surface area contributed by atoms with Gasteiger partial charge >= 0.3 is 0 Å². The second-order valence-corrected chi connectivity index (χ2v) is 4.68. The summed E-state index contributed by atoms with van der Waals surface area (Å²) in [6.07, 6.45) is 2.68. The predicted molar refractivity (Wildman–Crippen MR) is 71.7 cm³/mol. The molecule has 0 bridgehead atoms. The third-order valence-corrected chi connectivity index (χ3v) is 3.26. The lowest BCUT2D eigenvalue weighted by Crippen LogP contribution is -2.15. The molecule has 0 spiro atoms. The Balaban J connectivity index is 1.87. The van der Waals surface area contributed by atoms with Crippen LogP contribution in [0.4, 0.5) is 0 Å². The van der Waals surface area contributed by atoms with Crippen LogP contribution < -0.4 is 5.32 Å². The molecule has 0 atom stereocenters. The van der Waals surface area contributed by atoms with Gasteiger partial charge < -0.3 is 5.32 Å². The lowest BCUT2D eigenvalue weighted by atomic mass is 10.00. The monoisotopic (exact) mass is 223 g/mol. The molecule has 1 N–H and O–H groups in total. The average molecular weight is 223 g/mol. The van der Waals surface area contributed by atoms with Crippen molar-refractivity contribution in [3.63, 3.8) is 0 Å². The summed E-state index contributed by atoms with van der Waals surface area (Å²) in [6.45, 7) is 0.982. The van der Waals surface area contributed by atoms with E-state index in [2.05, 4.69) is 59.9 Å². The maximum atomic E-state index is 3.58. The molecular formula is C16H17N. The summed E-state index contributed by atoms with van der Waals surface area (Å²) in [5, 5.41) is 3.58. The van der Waals surface area contributed by atoms with Crippen molar-refractivity contribution in [2.45, 2.75) is 25.4 Å². The van der Waals surface area contributed by atoms with Crippen LogP contribution in [-0.2, 0) is 6.54 Å². The zero-order chi connectivity index (χ0) is 11.5. The van der Waals surface area contributed by atoms with E-state index >= 15 is 0 Å². The van der Waals surface area contributed by atoms with Gasteiger partial charge in [-0.3, -0.25) is 0 Å². The Morgan fingerprint density at radius 1 is 0.882 bits per heavy atom. The average Bonchev–Trinajstić information content (AvgIpc) is 3.22. The van der Waals surface area contributed by atoms with Crippen molar-refractivity contribution in [1.29, 1.82) is 0 Å². The van der Waals surface area contributed by atoms with E-state index in [1.807, 2.05) is 0 Å². The molecule has 1 nitrogen and oxygen atoms in total. The van der Waals surface area contributed by atoms with Gasteiger partial charge in [0.15, 0.2) is 0 Å². The smallest absolute Gasteiger partial charge is 0.0214 e. The van der Waals surface area contributed by atoms with E-state index in [0.717, 1.165) is 12.6 Å². The first kappa shape index (κ1) is 10.5. The fraction of sp³-hybridized carbons (Fsp3) is 0.250. The summed E-state index contributed by atoms with van der Waals surface area (Å²) in [4.78, 5) is 0. The Morgan fingerprint density at radius 3 is 2.35 bits per heavy atom. The van der Waals surface area contributed by atoms with Crippen molar-refractivity contribution in [2.75, 3.05) is 0 Å². The topological polar surface area (TPSA) is 12.0 Å². The van der Waals surface area contributed by atoms with Gasteiger partial charge in [-0.2, -0.15) is 0 Å². The Labute approximate surface area is 102 Å². The zero-order valence-corrected chi connectivity index (χ0v) is 9.89. The van der Waals surface area contributed by atoms with E-state index in [0.29, 0.717) is 0 Å². The van der Waals surface area contributed by atoms with E-state index in [1.54, 1.807) is 0 Å². The second kappa shape index (κ2) is 4.72. The van der Waals surface area contributed by atoms with Gasteiger partial charge in [0.2, 0.25) is 0 Å². The van der Waals surface area contributed by atoms with Gasteiger partial charge in [0.05, 0.1) is 0 Å². The highest BCUT2D eigenvalue weighted by Gasteiger charge is 2.20. The molecular weight excluding hydrogens is 206 g/mol. The van der Waals surface area contributed by atoms with Crippen LogP contribution in [0.1, 0.15) is 18.4 Å². The summed E-state index contributed by atoms with van der Waals surface area (Å²) < 4.78 is 0. The summed E-state index contributed by atoms with van der Waals surface area (Å²) in [6, 6.07) is 20.0. The molecule has 0 aromatic heterocycles. The molecule has 0 radical (unpaired) electrons. The molecule has 86 valence electrons. The highest BCUT2D eigenvalue weighted by atomic mass is 14.9. The SMILES string of the molecule is c1ccc(-c2ccccc2CNC2CC2)cc1. The maximum absolute atomic E-state index is 3.58. The number of hydrogen-bond donors (Lipinski definition) is 1. The van der Waals surface area contributed by atoms with Crippen LogP contribution in [0.2, 0.25) is 0 Å². The second-order valence-electron chi connectivity index (χ2n) is 4.68. The van der Waals surface area contributed by atoms with Crippen LogP contribution in [0.25, 0.3) is 11.1 Å².